The van der Waals surface area contributed by atoms with Gasteiger partial charge in [-0.2, -0.15) is 8.42 Å². The van der Waals surface area contributed by atoms with Crippen LogP contribution in [-0.4, -0.2) is 49.0 Å². The molecule has 3 N–H and O–H groups in total. The number of benzene rings is 4. The molecule has 4 rings (SSSR count). The first-order chi connectivity index (χ1) is 20.6. The molecule has 224 valence electrons. The predicted octanol–water partition coefficient (Wildman–Crippen LogP) is 5.25. The van der Waals surface area contributed by atoms with Crippen LogP contribution in [0, 0.1) is 0 Å². The molecule has 0 atom stereocenters. The van der Waals surface area contributed by atoms with Crippen molar-refractivity contribution < 1.29 is 32.0 Å². The molecular formula is C34H35NO7S. The standard InChI is InChI=1S/C34H35NO7S/c35-34(25-43(38,39)40,19-21-41-23-26-11-15-30(16-12-26)32(36)28-7-3-1-4-8-28)20-22-42-24-27-13-17-31(18-14-27)33(37)29-9-5-2-6-10-29/h1-18H,19-25,35H2,(H,38,39,40). The summed E-state index contributed by atoms with van der Waals surface area (Å²) in [6.45, 7) is 0.823. The first-order valence-corrected chi connectivity index (χ1v) is 15.5. The topological polar surface area (TPSA) is 133 Å². The van der Waals surface area contributed by atoms with E-state index in [2.05, 4.69) is 0 Å². The van der Waals surface area contributed by atoms with E-state index in [1.807, 2.05) is 60.7 Å². The van der Waals surface area contributed by atoms with E-state index in [0.717, 1.165) is 11.1 Å². The van der Waals surface area contributed by atoms with Crippen LogP contribution in [0.1, 0.15) is 55.8 Å². The molecule has 0 saturated carbocycles. The largest absolute Gasteiger partial charge is 0.377 e. The van der Waals surface area contributed by atoms with Crippen molar-refractivity contribution in [2.24, 2.45) is 5.73 Å². The molecule has 0 heterocycles. The van der Waals surface area contributed by atoms with Gasteiger partial charge in [0.1, 0.15) is 0 Å². The van der Waals surface area contributed by atoms with Gasteiger partial charge in [-0.15, -0.1) is 0 Å². The molecule has 0 aliphatic heterocycles. The van der Waals surface area contributed by atoms with Crippen LogP contribution in [0.5, 0.6) is 0 Å². The lowest BCUT2D eigenvalue weighted by molar-refractivity contribution is 0.0798. The van der Waals surface area contributed by atoms with Crippen molar-refractivity contribution in [3.63, 3.8) is 0 Å². The van der Waals surface area contributed by atoms with Gasteiger partial charge in [0.2, 0.25) is 0 Å². The van der Waals surface area contributed by atoms with E-state index in [0.29, 0.717) is 22.3 Å². The molecule has 0 radical (unpaired) electrons. The maximum absolute atomic E-state index is 12.6. The van der Waals surface area contributed by atoms with E-state index in [1.54, 1.807) is 48.5 Å². The molecule has 0 fully saturated rings. The maximum Gasteiger partial charge on any atom is 0.266 e. The minimum Gasteiger partial charge on any atom is -0.377 e. The number of hydrogen-bond acceptors (Lipinski definition) is 7. The van der Waals surface area contributed by atoms with Crippen LogP contribution in [0.15, 0.2) is 109 Å². The van der Waals surface area contributed by atoms with Crippen molar-refractivity contribution in [1.82, 2.24) is 0 Å². The average Bonchev–Trinajstić information content (AvgIpc) is 3.01. The molecule has 0 amide bonds. The highest BCUT2D eigenvalue weighted by Gasteiger charge is 2.30. The van der Waals surface area contributed by atoms with Gasteiger partial charge in [0.05, 0.1) is 19.0 Å². The fraction of sp³-hybridized carbons (Fsp3) is 0.235. The van der Waals surface area contributed by atoms with E-state index in [4.69, 9.17) is 15.2 Å². The van der Waals surface area contributed by atoms with Crippen molar-refractivity contribution in [2.75, 3.05) is 19.0 Å². The molecule has 0 bridgehead atoms. The van der Waals surface area contributed by atoms with Crippen LogP contribution < -0.4 is 5.73 Å². The Labute approximate surface area is 252 Å². The van der Waals surface area contributed by atoms with Gasteiger partial charge in [-0.3, -0.25) is 14.1 Å². The summed E-state index contributed by atoms with van der Waals surface area (Å²) in [5.74, 6) is -0.758. The number of ketones is 2. The van der Waals surface area contributed by atoms with Gasteiger partial charge in [-0.25, -0.2) is 0 Å². The van der Waals surface area contributed by atoms with Gasteiger partial charge in [-0.1, -0.05) is 109 Å². The Morgan fingerprint density at radius 3 is 1.30 bits per heavy atom. The Balaban J connectivity index is 1.23. The Morgan fingerprint density at radius 1 is 0.605 bits per heavy atom. The highest BCUT2D eigenvalue weighted by molar-refractivity contribution is 7.85. The highest BCUT2D eigenvalue weighted by Crippen LogP contribution is 2.18. The van der Waals surface area contributed by atoms with Crippen LogP contribution in [0.2, 0.25) is 0 Å². The molecule has 0 spiro atoms. The van der Waals surface area contributed by atoms with Crippen molar-refractivity contribution in [3.05, 3.63) is 143 Å². The monoisotopic (exact) mass is 601 g/mol. The third-order valence-electron chi connectivity index (χ3n) is 7.00. The number of rotatable bonds is 16. The Hall–Kier alpha value is -3.99. The smallest absolute Gasteiger partial charge is 0.266 e. The van der Waals surface area contributed by atoms with Gasteiger partial charge in [-0.05, 0) is 24.0 Å². The molecule has 0 aromatic heterocycles. The summed E-state index contributed by atoms with van der Waals surface area (Å²) >= 11 is 0. The fourth-order valence-electron chi connectivity index (χ4n) is 4.58. The quantitative estimate of drug-likeness (QED) is 0.101. The van der Waals surface area contributed by atoms with E-state index in [-0.39, 0.29) is 50.8 Å². The number of ether oxygens (including phenoxy) is 2. The minimum atomic E-state index is -4.33. The van der Waals surface area contributed by atoms with E-state index in [1.165, 1.54) is 0 Å². The second-order valence-electron chi connectivity index (χ2n) is 10.5. The average molecular weight is 602 g/mol. The number of hydrogen-bond donors (Lipinski definition) is 2. The van der Waals surface area contributed by atoms with E-state index < -0.39 is 21.4 Å². The van der Waals surface area contributed by atoms with Gasteiger partial charge in [0.25, 0.3) is 10.1 Å². The lowest BCUT2D eigenvalue weighted by atomic mass is 9.95. The predicted molar refractivity (Wildman–Crippen MR) is 165 cm³/mol. The molecule has 0 aliphatic carbocycles. The van der Waals surface area contributed by atoms with Gasteiger partial charge < -0.3 is 15.2 Å². The zero-order chi connectivity index (χ0) is 30.7. The van der Waals surface area contributed by atoms with Crippen molar-refractivity contribution in [3.8, 4) is 0 Å². The summed E-state index contributed by atoms with van der Waals surface area (Å²) < 4.78 is 44.3. The zero-order valence-corrected chi connectivity index (χ0v) is 24.5. The first kappa shape index (κ1) is 31.9. The molecule has 43 heavy (non-hydrogen) atoms. The Morgan fingerprint density at radius 2 is 0.953 bits per heavy atom. The summed E-state index contributed by atoms with van der Waals surface area (Å²) in [6.07, 6.45) is 0.355. The third kappa shape index (κ3) is 10.1. The van der Waals surface area contributed by atoms with Crippen LogP contribution in [0.4, 0.5) is 0 Å². The van der Waals surface area contributed by atoms with Crippen molar-refractivity contribution in [1.29, 1.82) is 0 Å². The second kappa shape index (κ2) is 15.0. The molecule has 0 aliphatic rings. The molecule has 4 aromatic rings. The van der Waals surface area contributed by atoms with E-state index in [9.17, 15) is 22.6 Å². The minimum absolute atomic E-state index is 0.0661. The van der Waals surface area contributed by atoms with Crippen molar-refractivity contribution >= 4 is 21.7 Å². The fourth-order valence-corrected chi connectivity index (χ4v) is 5.60. The molecule has 4 aromatic carbocycles. The summed E-state index contributed by atoms with van der Waals surface area (Å²) in [6, 6.07) is 32.2. The van der Waals surface area contributed by atoms with Crippen LogP contribution in [0.25, 0.3) is 0 Å². The number of carbonyl (C=O) groups is 2. The molecule has 9 heteroatoms. The van der Waals surface area contributed by atoms with Crippen LogP contribution >= 0.6 is 0 Å². The number of carbonyl (C=O) groups excluding carboxylic acids is 2. The van der Waals surface area contributed by atoms with Crippen molar-refractivity contribution in [2.45, 2.75) is 31.6 Å². The maximum atomic E-state index is 12.6. The number of nitrogens with two attached hydrogens (primary N) is 1. The highest BCUT2D eigenvalue weighted by atomic mass is 32.2. The van der Waals surface area contributed by atoms with Gasteiger partial charge in [0.15, 0.2) is 11.6 Å². The lowest BCUT2D eigenvalue weighted by Gasteiger charge is -2.28. The summed E-state index contributed by atoms with van der Waals surface area (Å²) in [4.78, 5) is 25.2. The Bertz CT molecular complexity index is 1490. The third-order valence-corrected chi connectivity index (χ3v) is 7.94. The molecule has 8 nitrogen and oxygen atoms in total. The van der Waals surface area contributed by atoms with Gasteiger partial charge in [0, 0.05) is 41.0 Å². The molecular weight excluding hydrogens is 566 g/mol. The van der Waals surface area contributed by atoms with Gasteiger partial charge >= 0.3 is 0 Å². The zero-order valence-electron chi connectivity index (χ0n) is 23.7. The molecule has 0 unspecified atom stereocenters. The van der Waals surface area contributed by atoms with Crippen LogP contribution in [0.3, 0.4) is 0 Å². The summed E-state index contributed by atoms with van der Waals surface area (Å²) in [5.41, 5.74) is 9.19. The summed E-state index contributed by atoms with van der Waals surface area (Å²) in [7, 11) is -4.33. The van der Waals surface area contributed by atoms with Crippen LogP contribution in [-0.2, 0) is 32.8 Å². The molecule has 0 saturated heterocycles. The lowest BCUT2D eigenvalue weighted by Crippen LogP contribution is -2.48. The SMILES string of the molecule is NC(CCOCc1ccc(C(=O)c2ccccc2)cc1)(CCOCc1ccc(C(=O)c2ccccc2)cc1)CS(=O)(=O)O. The normalized spacial score (nSPS) is 11.8. The second-order valence-corrected chi connectivity index (χ2v) is 11.9. The van der Waals surface area contributed by atoms with E-state index >= 15 is 0 Å². The first-order valence-electron chi connectivity index (χ1n) is 13.9. The Kier molecular flexibility index (Phi) is 11.1. The summed E-state index contributed by atoms with van der Waals surface area (Å²) in [5, 5.41) is 0.